The molecular weight excluding hydrogens is 504 g/mol. The fraction of sp³-hybridized carbons (Fsp3) is 0.280. The van der Waals surface area contributed by atoms with E-state index in [4.69, 9.17) is 16.3 Å². The maximum Gasteiger partial charge on any atom is 0.338 e. The van der Waals surface area contributed by atoms with Crippen molar-refractivity contribution in [2.75, 3.05) is 11.1 Å². The van der Waals surface area contributed by atoms with Gasteiger partial charge >= 0.3 is 5.97 Å². The number of rotatable bonds is 12. The number of benzene rings is 2. The molecule has 0 aliphatic carbocycles. The van der Waals surface area contributed by atoms with E-state index in [9.17, 15) is 9.59 Å². The average Bonchev–Trinajstić information content (AvgIpc) is 3.20. The lowest BCUT2D eigenvalue weighted by molar-refractivity contribution is -0.113. The van der Waals surface area contributed by atoms with Gasteiger partial charge in [0.1, 0.15) is 5.82 Å². The molecule has 7 nitrogen and oxygen atoms in total. The van der Waals surface area contributed by atoms with Gasteiger partial charge in [-0.3, -0.25) is 4.79 Å². The molecule has 184 valence electrons. The summed E-state index contributed by atoms with van der Waals surface area (Å²) in [4.78, 5) is 24.6. The Balaban J connectivity index is 1.55. The molecule has 0 saturated carbocycles. The first-order chi connectivity index (χ1) is 16.9. The minimum atomic E-state index is -0.426. The molecule has 0 saturated heterocycles. The Kier molecular flexibility index (Phi) is 10.3. The van der Waals surface area contributed by atoms with E-state index in [1.807, 2.05) is 28.8 Å². The SMILES string of the molecule is C=CCn1c(CSCc2ccc(Cl)cc2)nnc1SCC(=O)Nc1cccc(C(=O)OC(C)C)c1. The van der Waals surface area contributed by atoms with Crippen LogP contribution in [-0.2, 0) is 27.6 Å². The zero-order chi connectivity index (χ0) is 25.2. The molecule has 1 amide bonds. The topological polar surface area (TPSA) is 86.1 Å². The molecule has 35 heavy (non-hydrogen) atoms. The zero-order valence-corrected chi connectivity index (χ0v) is 22.0. The molecule has 1 aromatic heterocycles. The Hall–Kier alpha value is -2.75. The van der Waals surface area contributed by atoms with Gasteiger partial charge in [-0.1, -0.05) is 47.6 Å². The van der Waals surface area contributed by atoms with Crippen molar-refractivity contribution < 1.29 is 14.3 Å². The minimum absolute atomic E-state index is 0.147. The second-order valence-electron chi connectivity index (χ2n) is 7.79. The van der Waals surface area contributed by atoms with Gasteiger partial charge in [-0.25, -0.2) is 4.79 Å². The summed E-state index contributed by atoms with van der Waals surface area (Å²) in [6.45, 7) is 7.95. The van der Waals surface area contributed by atoms with Gasteiger partial charge in [0.25, 0.3) is 0 Å². The van der Waals surface area contributed by atoms with Crippen LogP contribution in [0.15, 0.2) is 66.3 Å². The molecule has 3 rings (SSSR count). The highest BCUT2D eigenvalue weighted by Gasteiger charge is 2.15. The van der Waals surface area contributed by atoms with E-state index in [2.05, 4.69) is 22.1 Å². The maximum atomic E-state index is 12.5. The normalized spacial score (nSPS) is 10.9. The summed E-state index contributed by atoms with van der Waals surface area (Å²) < 4.78 is 7.17. The number of amides is 1. The molecule has 0 unspecified atom stereocenters. The Morgan fingerprint density at radius 2 is 1.94 bits per heavy atom. The van der Waals surface area contributed by atoms with Crippen LogP contribution in [0.5, 0.6) is 0 Å². The summed E-state index contributed by atoms with van der Waals surface area (Å²) in [6, 6.07) is 14.5. The van der Waals surface area contributed by atoms with E-state index in [1.165, 1.54) is 17.3 Å². The molecule has 1 N–H and O–H groups in total. The van der Waals surface area contributed by atoms with Crippen molar-refractivity contribution in [3.63, 3.8) is 0 Å². The molecule has 3 aromatic rings. The van der Waals surface area contributed by atoms with E-state index in [0.29, 0.717) is 28.7 Å². The highest BCUT2D eigenvalue weighted by molar-refractivity contribution is 7.99. The van der Waals surface area contributed by atoms with Crippen LogP contribution >= 0.6 is 35.1 Å². The molecule has 0 spiro atoms. The summed E-state index contributed by atoms with van der Waals surface area (Å²) in [5.41, 5.74) is 2.10. The van der Waals surface area contributed by atoms with Gasteiger partial charge in [0, 0.05) is 23.0 Å². The molecule has 0 radical (unpaired) electrons. The van der Waals surface area contributed by atoms with Gasteiger partial charge in [-0.2, -0.15) is 0 Å². The average molecular weight is 531 g/mol. The number of hydrogen-bond donors (Lipinski definition) is 1. The van der Waals surface area contributed by atoms with E-state index in [-0.39, 0.29) is 17.8 Å². The summed E-state index contributed by atoms with van der Waals surface area (Å²) in [5.74, 6) is 1.83. The number of anilines is 1. The molecule has 10 heteroatoms. The quantitative estimate of drug-likeness (QED) is 0.179. The molecule has 0 atom stereocenters. The Morgan fingerprint density at radius 3 is 2.66 bits per heavy atom. The van der Waals surface area contributed by atoms with Gasteiger partial charge in [-0.15, -0.1) is 28.5 Å². The molecule has 0 aliphatic rings. The fourth-order valence-corrected chi connectivity index (χ4v) is 4.84. The maximum absolute atomic E-state index is 12.5. The van der Waals surface area contributed by atoms with Crippen molar-refractivity contribution in [3.8, 4) is 0 Å². The van der Waals surface area contributed by atoms with Gasteiger partial charge in [0.05, 0.1) is 23.2 Å². The number of hydrogen-bond acceptors (Lipinski definition) is 7. The van der Waals surface area contributed by atoms with Gasteiger partial charge in [0.15, 0.2) is 5.16 Å². The van der Waals surface area contributed by atoms with E-state index < -0.39 is 5.97 Å². The lowest BCUT2D eigenvalue weighted by Gasteiger charge is -2.10. The number of thioether (sulfide) groups is 2. The number of ether oxygens (including phenoxy) is 1. The van der Waals surface area contributed by atoms with Crippen LogP contribution in [0, 0.1) is 0 Å². The van der Waals surface area contributed by atoms with Crippen LogP contribution in [0.3, 0.4) is 0 Å². The Morgan fingerprint density at radius 1 is 1.17 bits per heavy atom. The number of nitrogens with zero attached hydrogens (tertiary/aromatic N) is 3. The Bertz CT molecular complexity index is 1170. The second kappa shape index (κ2) is 13.4. The highest BCUT2D eigenvalue weighted by Crippen LogP contribution is 2.23. The predicted molar refractivity (Wildman–Crippen MR) is 143 cm³/mol. The molecule has 1 heterocycles. The van der Waals surface area contributed by atoms with Crippen molar-refractivity contribution in [3.05, 3.63) is 83.2 Å². The number of nitrogens with one attached hydrogen (secondary N) is 1. The summed E-state index contributed by atoms with van der Waals surface area (Å²) in [7, 11) is 0. The monoisotopic (exact) mass is 530 g/mol. The first-order valence-electron chi connectivity index (χ1n) is 10.9. The van der Waals surface area contributed by atoms with E-state index in [0.717, 1.165) is 16.6 Å². The number of aromatic nitrogens is 3. The van der Waals surface area contributed by atoms with Crippen molar-refractivity contribution in [2.24, 2.45) is 0 Å². The van der Waals surface area contributed by atoms with Crippen LogP contribution in [0.25, 0.3) is 0 Å². The number of allylic oxidation sites excluding steroid dienone is 1. The third-order valence-electron chi connectivity index (χ3n) is 4.58. The zero-order valence-electron chi connectivity index (χ0n) is 19.6. The van der Waals surface area contributed by atoms with E-state index >= 15 is 0 Å². The van der Waals surface area contributed by atoms with Crippen molar-refractivity contribution in [1.82, 2.24) is 14.8 Å². The summed E-state index contributed by atoms with van der Waals surface area (Å²) >= 11 is 8.97. The molecule has 0 bridgehead atoms. The van der Waals surface area contributed by atoms with Gasteiger partial charge in [0.2, 0.25) is 5.91 Å². The number of esters is 1. The van der Waals surface area contributed by atoms with Crippen LogP contribution in [-0.4, -0.2) is 38.5 Å². The van der Waals surface area contributed by atoms with Crippen LogP contribution in [0.4, 0.5) is 5.69 Å². The van der Waals surface area contributed by atoms with E-state index in [1.54, 1.807) is 56.0 Å². The number of carbonyl (C=O) groups excluding carboxylic acids is 2. The van der Waals surface area contributed by atoms with Crippen LogP contribution in [0.2, 0.25) is 5.02 Å². The lowest BCUT2D eigenvalue weighted by Crippen LogP contribution is -2.16. The van der Waals surface area contributed by atoms with Crippen LogP contribution < -0.4 is 5.32 Å². The third-order valence-corrected chi connectivity index (χ3v) is 6.79. The van der Waals surface area contributed by atoms with Crippen molar-refractivity contribution >= 4 is 52.7 Å². The highest BCUT2D eigenvalue weighted by atomic mass is 35.5. The molecule has 0 aliphatic heterocycles. The smallest absolute Gasteiger partial charge is 0.338 e. The first kappa shape index (κ1) is 26.8. The molecule has 0 fully saturated rings. The summed E-state index contributed by atoms with van der Waals surface area (Å²) in [6.07, 6.45) is 1.56. The fourth-order valence-electron chi connectivity index (χ4n) is 3.02. The predicted octanol–water partition coefficient (Wildman–Crippen LogP) is 5.85. The van der Waals surface area contributed by atoms with Crippen molar-refractivity contribution in [1.29, 1.82) is 0 Å². The van der Waals surface area contributed by atoms with Crippen molar-refractivity contribution in [2.45, 2.75) is 43.2 Å². The third kappa shape index (κ3) is 8.45. The molecule has 2 aromatic carbocycles. The largest absolute Gasteiger partial charge is 0.459 e. The minimum Gasteiger partial charge on any atom is -0.459 e. The van der Waals surface area contributed by atoms with Crippen LogP contribution in [0.1, 0.15) is 35.6 Å². The first-order valence-corrected chi connectivity index (χ1v) is 13.5. The standard InChI is InChI=1S/C25H27ClN4O3S2/c1-4-12-30-22(15-34-14-18-8-10-20(26)11-9-18)28-29-25(30)35-16-23(31)27-21-7-5-6-19(13-21)24(32)33-17(2)3/h4-11,13,17H,1,12,14-16H2,2-3H3,(H,27,31). The summed E-state index contributed by atoms with van der Waals surface area (Å²) in [5, 5.41) is 12.8. The van der Waals surface area contributed by atoms with Gasteiger partial charge < -0.3 is 14.6 Å². The lowest BCUT2D eigenvalue weighted by atomic mass is 10.2. The molecular formula is C25H27ClN4O3S2. The van der Waals surface area contributed by atoms with Gasteiger partial charge in [-0.05, 0) is 49.7 Å². The Labute approximate surface area is 218 Å². The number of carbonyl (C=O) groups is 2. The number of halogens is 1. The second-order valence-corrected chi connectivity index (χ2v) is 10.2.